The lowest BCUT2D eigenvalue weighted by molar-refractivity contribution is -0.385. The maximum Gasteiger partial charge on any atom is 0.274 e. The summed E-state index contributed by atoms with van der Waals surface area (Å²) in [7, 11) is 0. The Morgan fingerprint density at radius 1 is 1.42 bits per heavy atom. The summed E-state index contributed by atoms with van der Waals surface area (Å²) in [5.74, 6) is 0.398. The number of para-hydroxylation sites is 1. The van der Waals surface area contributed by atoms with Crippen molar-refractivity contribution in [1.29, 1.82) is 0 Å². The molecule has 0 aliphatic carbocycles. The van der Waals surface area contributed by atoms with E-state index < -0.39 is 0 Å². The van der Waals surface area contributed by atoms with Gasteiger partial charge in [0.25, 0.3) is 5.69 Å². The lowest BCUT2D eigenvalue weighted by Crippen LogP contribution is -2.26. The number of hydrogen-bond acceptors (Lipinski definition) is 4. The van der Waals surface area contributed by atoms with E-state index in [2.05, 4.69) is 12.2 Å². The first-order valence-corrected chi connectivity index (χ1v) is 6.67. The molecule has 2 atom stereocenters. The lowest BCUT2D eigenvalue weighted by Gasteiger charge is -2.19. The minimum absolute atomic E-state index is 0.0747. The summed E-state index contributed by atoms with van der Waals surface area (Å²) < 4.78 is 0. The number of rotatable bonds is 8. The maximum atomic E-state index is 11.0. The van der Waals surface area contributed by atoms with Gasteiger partial charge in [0.05, 0.1) is 4.92 Å². The first kappa shape index (κ1) is 15.6. The topological polar surface area (TPSA) is 75.4 Å². The van der Waals surface area contributed by atoms with Crippen LogP contribution in [0.3, 0.4) is 0 Å². The molecule has 0 amide bonds. The van der Waals surface area contributed by atoms with E-state index in [0.717, 1.165) is 19.4 Å². The van der Waals surface area contributed by atoms with Crippen LogP contribution in [0, 0.1) is 16.0 Å². The Bertz CT molecular complexity index is 409. The van der Waals surface area contributed by atoms with Crippen molar-refractivity contribution in [2.45, 2.75) is 32.7 Å². The van der Waals surface area contributed by atoms with Crippen molar-refractivity contribution in [3.63, 3.8) is 0 Å². The fraction of sp³-hybridized carbons (Fsp3) is 0.571. The Balaban J connectivity index is 2.67. The Kier molecular flexibility index (Phi) is 6.45. The SMILES string of the molecule is CCC(CCO)CNC(C)c1ccccc1[N+](=O)[O-]. The summed E-state index contributed by atoms with van der Waals surface area (Å²) in [6.45, 7) is 4.94. The number of nitrogens with zero attached hydrogens (tertiary/aromatic N) is 1. The van der Waals surface area contributed by atoms with Crippen LogP contribution in [0.25, 0.3) is 0 Å². The molecule has 0 radical (unpaired) electrons. The Morgan fingerprint density at radius 3 is 2.68 bits per heavy atom. The van der Waals surface area contributed by atoms with E-state index >= 15 is 0 Å². The van der Waals surface area contributed by atoms with Crippen molar-refractivity contribution in [3.05, 3.63) is 39.9 Å². The summed E-state index contributed by atoms with van der Waals surface area (Å²) in [6, 6.07) is 6.72. The van der Waals surface area contributed by atoms with Gasteiger partial charge >= 0.3 is 0 Å². The zero-order valence-corrected chi connectivity index (χ0v) is 11.5. The molecule has 0 spiro atoms. The Labute approximate surface area is 113 Å². The second kappa shape index (κ2) is 7.86. The molecule has 0 heterocycles. The maximum absolute atomic E-state index is 11.0. The van der Waals surface area contributed by atoms with Crippen molar-refractivity contribution in [2.24, 2.45) is 5.92 Å². The van der Waals surface area contributed by atoms with Crippen LogP contribution >= 0.6 is 0 Å². The molecule has 2 N–H and O–H groups in total. The molecule has 0 aliphatic rings. The number of aliphatic hydroxyl groups excluding tert-OH is 1. The number of hydrogen-bond donors (Lipinski definition) is 2. The fourth-order valence-electron chi connectivity index (χ4n) is 2.11. The van der Waals surface area contributed by atoms with Gasteiger partial charge in [0.15, 0.2) is 0 Å². The van der Waals surface area contributed by atoms with E-state index in [4.69, 9.17) is 5.11 Å². The third-order valence-corrected chi connectivity index (χ3v) is 3.43. The van der Waals surface area contributed by atoms with E-state index in [-0.39, 0.29) is 23.3 Å². The first-order valence-electron chi connectivity index (χ1n) is 6.67. The molecule has 0 bridgehead atoms. The van der Waals surface area contributed by atoms with Gasteiger partial charge in [-0.2, -0.15) is 0 Å². The van der Waals surface area contributed by atoms with Crippen LogP contribution < -0.4 is 5.32 Å². The normalized spacial score (nSPS) is 14.1. The van der Waals surface area contributed by atoms with Gasteiger partial charge in [0.2, 0.25) is 0 Å². The third kappa shape index (κ3) is 4.61. The summed E-state index contributed by atoms with van der Waals surface area (Å²) in [4.78, 5) is 10.6. The van der Waals surface area contributed by atoms with Gasteiger partial charge in [0, 0.05) is 24.3 Å². The molecule has 19 heavy (non-hydrogen) atoms. The quantitative estimate of drug-likeness (QED) is 0.560. The van der Waals surface area contributed by atoms with E-state index in [9.17, 15) is 10.1 Å². The molecule has 1 rings (SSSR count). The summed E-state index contributed by atoms with van der Waals surface area (Å²) in [5.41, 5.74) is 0.851. The van der Waals surface area contributed by atoms with E-state index in [1.807, 2.05) is 13.0 Å². The van der Waals surface area contributed by atoms with E-state index in [1.165, 1.54) is 6.07 Å². The highest BCUT2D eigenvalue weighted by molar-refractivity contribution is 5.41. The standard InChI is InChI=1S/C14H22N2O3/c1-3-12(8-9-17)10-15-11(2)13-6-4-5-7-14(13)16(18)19/h4-7,11-12,15,17H,3,8-10H2,1-2H3. The predicted octanol–water partition coefficient (Wildman–Crippen LogP) is 2.65. The predicted molar refractivity (Wildman–Crippen MR) is 75.0 cm³/mol. The number of aliphatic hydroxyl groups is 1. The Hall–Kier alpha value is -1.46. The molecule has 0 fully saturated rings. The summed E-state index contributed by atoms with van der Waals surface area (Å²) >= 11 is 0. The molecule has 5 heteroatoms. The van der Waals surface area contributed by atoms with Crippen LogP contribution in [0.5, 0.6) is 0 Å². The number of nitrogens with one attached hydrogen (secondary N) is 1. The second-order valence-electron chi connectivity index (χ2n) is 4.73. The number of benzene rings is 1. The molecule has 106 valence electrons. The fourth-order valence-corrected chi connectivity index (χ4v) is 2.11. The minimum atomic E-state index is -0.349. The molecule has 0 saturated carbocycles. The molecule has 5 nitrogen and oxygen atoms in total. The average Bonchev–Trinajstić information content (AvgIpc) is 2.43. The van der Waals surface area contributed by atoms with Crippen LogP contribution in [-0.2, 0) is 0 Å². The van der Waals surface area contributed by atoms with Crippen LogP contribution in [-0.4, -0.2) is 23.2 Å². The van der Waals surface area contributed by atoms with Gasteiger partial charge in [-0.15, -0.1) is 0 Å². The van der Waals surface area contributed by atoms with Crippen molar-refractivity contribution in [1.82, 2.24) is 5.32 Å². The molecule has 1 aromatic rings. The molecule has 2 unspecified atom stereocenters. The minimum Gasteiger partial charge on any atom is -0.396 e. The van der Waals surface area contributed by atoms with Crippen molar-refractivity contribution in [3.8, 4) is 0 Å². The van der Waals surface area contributed by atoms with E-state index in [1.54, 1.807) is 12.1 Å². The number of nitro groups is 1. The highest BCUT2D eigenvalue weighted by atomic mass is 16.6. The zero-order valence-electron chi connectivity index (χ0n) is 11.5. The summed E-state index contributed by atoms with van der Waals surface area (Å²) in [5, 5.41) is 23.2. The molecule has 1 aromatic carbocycles. The molecule has 0 aliphatic heterocycles. The van der Waals surface area contributed by atoms with Gasteiger partial charge in [-0.05, 0) is 25.8 Å². The Morgan fingerprint density at radius 2 is 2.11 bits per heavy atom. The molecule has 0 aromatic heterocycles. The van der Waals surface area contributed by atoms with Crippen molar-refractivity contribution < 1.29 is 10.0 Å². The van der Waals surface area contributed by atoms with Crippen LogP contribution in [0.2, 0.25) is 0 Å². The second-order valence-corrected chi connectivity index (χ2v) is 4.73. The molecule has 0 saturated heterocycles. The third-order valence-electron chi connectivity index (χ3n) is 3.43. The van der Waals surface area contributed by atoms with Crippen LogP contribution in [0.15, 0.2) is 24.3 Å². The van der Waals surface area contributed by atoms with Gasteiger partial charge in [0.1, 0.15) is 0 Å². The molecular formula is C14H22N2O3. The van der Waals surface area contributed by atoms with Gasteiger partial charge in [-0.25, -0.2) is 0 Å². The van der Waals surface area contributed by atoms with E-state index in [0.29, 0.717) is 11.5 Å². The van der Waals surface area contributed by atoms with Crippen LogP contribution in [0.4, 0.5) is 5.69 Å². The zero-order chi connectivity index (χ0) is 14.3. The lowest BCUT2D eigenvalue weighted by atomic mass is 10.0. The molecular weight excluding hydrogens is 244 g/mol. The van der Waals surface area contributed by atoms with Gasteiger partial charge in [-0.3, -0.25) is 10.1 Å². The number of nitro benzene ring substituents is 1. The smallest absolute Gasteiger partial charge is 0.274 e. The summed E-state index contributed by atoms with van der Waals surface area (Å²) in [6.07, 6.45) is 1.74. The van der Waals surface area contributed by atoms with Crippen molar-refractivity contribution >= 4 is 5.69 Å². The monoisotopic (exact) mass is 266 g/mol. The first-order chi connectivity index (χ1) is 9.10. The van der Waals surface area contributed by atoms with Crippen molar-refractivity contribution in [2.75, 3.05) is 13.2 Å². The highest BCUT2D eigenvalue weighted by Gasteiger charge is 2.18. The largest absolute Gasteiger partial charge is 0.396 e. The highest BCUT2D eigenvalue weighted by Crippen LogP contribution is 2.24. The average molecular weight is 266 g/mol. The van der Waals surface area contributed by atoms with Crippen LogP contribution in [0.1, 0.15) is 38.3 Å². The van der Waals surface area contributed by atoms with Gasteiger partial charge in [-0.1, -0.05) is 31.5 Å². The van der Waals surface area contributed by atoms with Gasteiger partial charge < -0.3 is 10.4 Å².